The summed E-state index contributed by atoms with van der Waals surface area (Å²) >= 11 is 1.83. The standard InChI is InChI=1S/C14H26N2OS/c1-12(10-14-7-5-9-18-14)16(2)11-13(15)6-4-8-17-3/h5,7,9,12-13H,4,6,8,10-11,15H2,1-3H3. The molecule has 4 heteroatoms. The molecular formula is C14H26N2OS. The largest absolute Gasteiger partial charge is 0.385 e. The molecule has 18 heavy (non-hydrogen) atoms. The lowest BCUT2D eigenvalue weighted by Crippen LogP contribution is -2.40. The number of ether oxygens (including phenoxy) is 1. The number of likely N-dealkylation sites (N-methyl/N-ethyl adjacent to an activating group) is 1. The molecule has 0 aromatic carbocycles. The molecule has 1 aromatic heterocycles. The van der Waals surface area contributed by atoms with Crippen LogP contribution in [0, 0.1) is 0 Å². The zero-order valence-corrected chi connectivity index (χ0v) is 12.6. The molecule has 0 saturated carbocycles. The fourth-order valence-corrected chi connectivity index (χ4v) is 2.83. The predicted octanol–water partition coefficient (Wildman–Crippen LogP) is 2.36. The molecule has 0 amide bonds. The quantitative estimate of drug-likeness (QED) is 0.700. The highest BCUT2D eigenvalue weighted by Gasteiger charge is 2.13. The van der Waals surface area contributed by atoms with E-state index in [1.54, 1.807) is 7.11 Å². The average molecular weight is 270 g/mol. The minimum absolute atomic E-state index is 0.246. The summed E-state index contributed by atoms with van der Waals surface area (Å²) in [6, 6.07) is 5.10. The van der Waals surface area contributed by atoms with Crippen molar-refractivity contribution >= 4 is 11.3 Å². The molecule has 0 aliphatic rings. The van der Waals surface area contributed by atoms with Crippen LogP contribution >= 0.6 is 11.3 Å². The summed E-state index contributed by atoms with van der Waals surface area (Å²) in [4.78, 5) is 3.80. The Morgan fingerprint density at radius 3 is 2.89 bits per heavy atom. The van der Waals surface area contributed by atoms with Crippen LogP contribution in [0.15, 0.2) is 17.5 Å². The maximum Gasteiger partial charge on any atom is 0.0462 e. The van der Waals surface area contributed by atoms with Gasteiger partial charge in [0.15, 0.2) is 0 Å². The molecule has 1 heterocycles. The molecule has 2 N–H and O–H groups in total. The van der Waals surface area contributed by atoms with Crippen molar-refractivity contribution in [3.05, 3.63) is 22.4 Å². The molecule has 104 valence electrons. The maximum absolute atomic E-state index is 6.13. The Labute approximate surface area is 115 Å². The number of rotatable bonds is 9. The van der Waals surface area contributed by atoms with Gasteiger partial charge in [-0.15, -0.1) is 11.3 Å². The Morgan fingerprint density at radius 1 is 1.50 bits per heavy atom. The van der Waals surface area contributed by atoms with Gasteiger partial charge in [-0.05, 0) is 44.7 Å². The predicted molar refractivity (Wildman–Crippen MR) is 79.2 cm³/mol. The summed E-state index contributed by atoms with van der Waals surface area (Å²) in [5.74, 6) is 0. The van der Waals surface area contributed by atoms with Crippen LogP contribution in [0.5, 0.6) is 0 Å². The van der Waals surface area contributed by atoms with Crippen LogP contribution in [0.25, 0.3) is 0 Å². The van der Waals surface area contributed by atoms with Crippen molar-refractivity contribution in [1.82, 2.24) is 4.90 Å². The molecule has 0 spiro atoms. The van der Waals surface area contributed by atoms with Crippen molar-refractivity contribution in [1.29, 1.82) is 0 Å². The molecule has 2 atom stereocenters. The van der Waals surface area contributed by atoms with Crippen molar-refractivity contribution in [2.24, 2.45) is 5.73 Å². The van der Waals surface area contributed by atoms with E-state index in [1.807, 2.05) is 11.3 Å². The Morgan fingerprint density at radius 2 is 2.28 bits per heavy atom. The highest BCUT2D eigenvalue weighted by atomic mass is 32.1. The second-order valence-corrected chi connectivity index (χ2v) is 6.00. The number of hydrogen-bond donors (Lipinski definition) is 1. The lowest BCUT2D eigenvalue weighted by molar-refractivity contribution is 0.183. The highest BCUT2D eigenvalue weighted by Crippen LogP contribution is 2.13. The summed E-state index contributed by atoms with van der Waals surface area (Å²) < 4.78 is 5.05. The summed E-state index contributed by atoms with van der Waals surface area (Å²) in [6.45, 7) is 4.03. The molecule has 0 radical (unpaired) electrons. The fraction of sp³-hybridized carbons (Fsp3) is 0.714. The molecular weight excluding hydrogens is 244 g/mol. The third-order valence-corrected chi connectivity index (χ3v) is 4.17. The topological polar surface area (TPSA) is 38.5 Å². The van der Waals surface area contributed by atoms with Crippen LogP contribution in [-0.2, 0) is 11.2 Å². The first-order valence-electron chi connectivity index (χ1n) is 6.60. The van der Waals surface area contributed by atoms with Crippen molar-refractivity contribution in [3.63, 3.8) is 0 Å². The molecule has 0 aliphatic heterocycles. The van der Waals surface area contributed by atoms with Crippen LogP contribution in [0.4, 0.5) is 0 Å². The van der Waals surface area contributed by atoms with Gasteiger partial charge in [-0.1, -0.05) is 6.07 Å². The lowest BCUT2D eigenvalue weighted by Gasteiger charge is -2.27. The monoisotopic (exact) mass is 270 g/mol. The van der Waals surface area contributed by atoms with Crippen molar-refractivity contribution < 1.29 is 4.74 Å². The molecule has 0 saturated heterocycles. The Bertz CT molecular complexity index is 303. The van der Waals surface area contributed by atoms with Gasteiger partial charge in [0.2, 0.25) is 0 Å². The maximum atomic E-state index is 6.13. The second-order valence-electron chi connectivity index (χ2n) is 4.97. The number of nitrogens with two attached hydrogens (primary N) is 1. The first-order valence-corrected chi connectivity index (χ1v) is 7.48. The number of hydrogen-bond acceptors (Lipinski definition) is 4. The van der Waals surface area contributed by atoms with E-state index < -0.39 is 0 Å². The van der Waals surface area contributed by atoms with Gasteiger partial charge in [0.25, 0.3) is 0 Å². The van der Waals surface area contributed by atoms with Crippen LogP contribution in [0.1, 0.15) is 24.6 Å². The third-order valence-electron chi connectivity index (χ3n) is 3.28. The molecule has 2 unspecified atom stereocenters. The van der Waals surface area contributed by atoms with E-state index in [0.717, 1.165) is 32.4 Å². The van der Waals surface area contributed by atoms with E-state index in [9.17, 15) is 0 Å². The Kier molecular flexibility index (Phi) is 7.51. The van der Waals surface area contributed by atoms with E-state index in [4.69, 9.17) is 10.5 Å². The summed E-state index contributed by atoms with van der Waals surface area (Å²) in [5.41, 5.74) is 6.13. The third kappa shape index (κ3) is 5.96. The number of methoxy groups -OCH3 is 1. The number of thiophene rings is 1. The van der Waals surface area contributed by atoms with Gasteiger partial charge in [0.1, 0.15) is 0 Å². The summed E-state index contributed by atoms with van der Waals surface area (Å²) in [6.07, 6.45) is 3.19. The number of nitrogens with zero attached hydrogens (tertiary/aromatic N) is 1. The van der Waals surface area contributed by atoms with Crippen LogP contribution in [0.3, 0.4) is 0 Å². The SMILES string of the molecule is COCCCC(N)CN(C)C(C)Cc1cccs1. The van der Waals surface area contributed by atoms with E-state index in [1.165, 1.54) is 4.88 Å². The van der Waals surface area contributed by atoms with Gasteiger partial charge < -0.3 is 15.4 Å². The summed E-state index contributed by atoms with van der Waals surface area (Å²) in [7, 11) is 3.90. The molecule has 0 aliphatic carbocycles. The van der Waals surface area contributed by atoms with Gasteiger partial charge in [-0.25, -0.2) is 0 Å². The Balaban J connectivity index is 2.24. The van der Waals surface area contributed by atoms with Gasteiger partial charge >= 0.3 is 0 Å². The highest BCUT2D eigenvalue weighted by molar-refractivity contribution is 7.09. The van der Waals surface area contributed by atoms with Crippen LogP contribution in [-0.4, -0.2) is 44.3 Å². The van der Waals surface area contributed by atoms with Crippen LogP contribution in [0.2, 0.25) is 0 Å². The van der Waals surface area contributed by atoms with E-state index >= 15 is 0 Å². The smallest absolute Gasteiger partial charge is 0.0462 e. The zero-order valence-electron chi connectivity index (χ0n) is 11.8. The average Bonchev–Trinajstić information content (AvgIpc) is 2.82. The minimum Gasteiger partial charge on any atom is -0.385 e. The van der Waals surface area contributed by atoms with Crippen molar-refractivity contribution in [3.8, 4) is 0 Å². The van der Waals surface area contributed by atoms with Crippen LogP contribution < -0.4 is 5.73 Å². The van der Waals surface area contributed by atoms with Crippen molar-refractivity contribution in [2.75, 3.05) is 27.3 Å². The Hall–Kier alpha value is -0.420. The fourth-order valence-electron chi connectivity index (χ4n) is 2.01. The molecule has 1 aromatic rings. The molecule has 1 rings (SSSR count). The van der Waals surface area contributed by atoms with E-state index in [2.05, 4.69) is 36.4 Å². The van der Waals surface area contributed by atoms with Gasteiger partial charge in [-0.3, -0.25) is 0 Å². The molecule has 3 nitrogen and oxygen atoms in total. The van der Waals surface area contributed by atoms with E-state index in [0.29, 0.717) is 6.04 Å². The van der Waals surface area contributed by atoms with Gasteiger partial charge in [-0.2, -0.15) is 0 Å². The first kappa shape index (κ1) is 15.6. The zero-order chi connectivity index (χ0) is 13.4. The summed E-state index contributed by atoms with van der Waals surface area (Å²) in [5, 5.41) is 2.14. The van der Waals surface area contributed by atoms with Gasteiger partial charge in [0.05, 0.1) is 0 Å². The lowest BCUT2D eigenvalue weighted by atomic mass is 10.1. The molecule has 0 bridgehead atoms. The minimum atomic E-state index is 0.246. The second kappa shape index (κ2) is 8.64. The first-order chi connectivity index (χ1) is 8.63. The van der Waals surface area contributed by atoms with Crippen molar-refractivity contribution in [2.45, 2.75) is 38.3 Å². The van der Waals surface area contributed by atoms with Gasteiger partial charge in [0, 0.05) is 37.2 Å². The van der Waals surface area contributed by atoms with E-state index in [-0.39, 0.29) is 6.04 Å². The molecule has 0 fully saturated rings. The normalized spacial score (nSPS) is 14.9.